The van der Waals surface area contributed by atoms with Crippen LogP contribution in [0.2, 0.25) is 0 Å². The predicted molar refractivity (Wildman–Crippen MR) is 34.2 cm³/mol. The molecule has 52 valence electrons. The van der Waals surface area contributed by atoms with E-state index in [4.69, 9.17) is 4.74 Å². The molecule has 0 spiro atoms. The van der Waals surface area contributed by atoms with Crippen molar-refractivity contribution in [3.05, 3.63) is 0 Å². The zero-order valence-corrected chi connectivity index (χ0v) is 5.67. The molecular weight excluding hydrogens is 116 g/mol. The number of carbonyl (C=O) groups is 1. The Bertz CT molecular complexity index is 101. The molecule has 0 aromatic rings. The molecule has 1 aliphatic rings. The lowest BCUT2D eigenvalue weighted by Crippen LogP contribution is -2.15. The standard InChI is InChI=1S/C7H12O2/c1-2-7-6(5-8)3-4-9-7/h5-7H,2-4H2,1H3/t6-,7-/m1/s1. The van der Waals surface area contributed by atoms with E-state index >= 15 is 0 Å². The number of hydrogen-bond donors (Lipinski definition) is 0. The first kappa shape index (κ1) is 6.75. The van der Waals surface area contributed by atoms with Gasteiger partial charge in [0.1, 0.15) is 6.29 Å². The van der Waals surface area contributed by atoms with Crippen LogP contribution in [0.3, 0.4) is 0 Å². The quantitative estimate of drug-likeness (QED) is 0.518. The molecule has 0 aromatic carbocycles. The van der Waals surface area contributed by atoms with Gasteiger partial charge in [0.25, 0.3) is 0 Å². The zero-order chi connectivity index (χ0) is 6.69. The summed E-state index contributed by atoms with van der Waals surface area (Å²) >= 11 is 0. The van der Waals surface area contributed by atoms with Gasteiger partial charge in [-0.25, -0.2) is 0 Å². The third-order valence-electron chi connectivity index (χ3n) is 1.84. The molecule has 1 fully saturated rings. The van der Waals surface area contributed by atoms with Crippen LogP contribution in [0.25, 0.3) is 0 Å². The van der Waals surface area contributed by atoms with Crippen molar-refractivity contribution in [3.8, 4) is 0 Å². The second-order valence-electron chi connectivity index (χ2n) is 2.41. The second-order valence-corrected chi connectivity index (χ2v) is 2.41. The SMILES string of the molecule is CC[C@H]1OCC[C@@H]1C=O. The maximum Gasteiger partial charge on any atom is 0.125 e. The molecule has 9 heavy (non-hydrogen) atoms. The molecule has 0 N–H and O–H groups in total. The summed E-state index contributed by atoms with van der Waals surface area (Å²) < 4.78 is 5.27. The highest BCUT2D eigenvalue weighted by Crippen LogP contribution is 2.20. The van der Waals surface area contributed by atoms with Gasteiger partial charge in [0.15, 0.2) is 0 Å². The van der Waals surface area contributed by atoms with E-state index in [0.717, 1.165) is 25.7 Å². The van der Waals surface area contributed by atoms with Gasteiger partial charge in [-0.05, 0) is 12.8 Å². The lowest BCUT2D eigenvalue weighted by molar-refractivity contribution is -0.112. The van der Waals surface area contributed by atoms with Crippen molar-refractivity contribution in [1.29, 1.82) is 0 Å². The van der Waals surface area contributed by atoms with E-state index < -0.39 is 0 Å². The van der Waals surface area contributed by atoms with Crippen molar-refractivity contribution in [3.63, 3.8) is 0 Å². The van der Waals surface area contributed by atoms with Gasteiger partial charge in [-0.1, -0.05) is 6.92 Å². The van der Waals surface area contributed by atoms with E-state index in [9.17, 15) is 4.79 Å². The number of rotatable bonds is 2. The summed E-state index contributed by atoms with van der Waals surface area (Å²) in [4.78, 5) is 10.3. The average Bonchev–Trinajstić information content (AvgIpc) is 2.33. The molecule has 0 bridgehead atoms. The van der Waals surface area contributed by atoms with Gasteiger partial charge in [-0.3, -0.25) is 0 Å². The molecule has 1 aliphatic heterocycles. The molecule has 0 radical (unpaired) electrons. The summed E-state index contributed by atoms with van der Waals surface area (Å²) in [5.74, 6) is 0.176. The topological polar surface area (TPSA) is 26.3 Å². The summed E-state index contributed by atoms with van der Waals surface area (Å²) in [6.45, 7) is 2.81. The van der Waals surface area contributed by atoms with Crippen LogP contribution in [0.4, 0.5) is 0 Å². The van der Waals surface area contributed by atoms with E-state index in [-0.39, 0.29) is 12.0 Å². The normalized spacial score (nSPS) is 34.8. The summed E-state index contributed by atoms with van der Waals surface area (Å²) in [6.07, 6.45) is 3.11. The van der Waals surface area contributed by atoms with Crippen LogP contribution in [0, 0.1) is 5.92 Å². The number of ether oxygens (including phenoxy) is 1. The van der Waals surface area contributed by atoms with Gasteiger partial charge in [0.2, 0.25) is 0 Å². The molecule has 0 amide bonds. The monoisotopic (exact) mass is 128 g/mol. The maximum absolute atomic E-state index is 10.3. The Balaban J connectivity index is 2.41. The Labute approximate surface area is 55.2 Å². The van der Waals surface area contributed by atoms with Crippen LogP contribution in [0.5, 0.6) is 0 Å². The molecule has 1 saturated heterocycles. The van der Waals surface area contributed by atoms with E-state index in [0.29, 0.717) is 0 Å². The van der Waals surface area contributed by atoms with Crippen molar-refractivity contribution >= 4 is 6.29 Å². The molecular formula is C7H12O2. The largest absolute Gasteiger partial charge is 0.377 e. The van der Waals surface area contributed by atoms with Crippen molar-refractivity contribution in [2.24, 2.45) is 5.92 Å². The zero-order valence-electron chi connectivity index (χ0n) is 5.67. The summed E-state index contributed by atoms with van der Waals surface area (Å²) in [6, 6.07) is 0. The van der Waals surface area contributed by atoms with Crippen LogP contribution in [0.15, 0.2) is 0 Å². The highest BCUT2D eigenvalue weighted by molar-refractivity contribution is 5.54. The summed E-state index contributed by atoms with van der Waals surface area (Å²) in [5.41, 5.74) is 0. The van der Waals surface area contributed by atoms with Crippen LogP contribution in [-0.4, -0.2) is 19.0 Å². The fourth-order valence-corrected chi connectivity index (χ4v) is 1.24. The Morgan fingerprint density at radius 3 is 3.00 bits per heavy atom. The number of carbonyl (C=O) groups excluding carboxylic acids is 1. The third kappa shape index (κ3) is 1.30. The number of hydrogen-bond acceptors (Lipinski definition) is 2. The van der Waals surface area contributed by atoms with Crippen molar-refractivity contribution in [2.45, 2.75) is 25.9 Å². The van der Waals surface area contributed by atoms with Gasteiger partial charge >= 0.3 is 0 Å². The molecule has 0 aromatic heterocycles. The van der Waals surface area contributed by atoms with Crippen molar-refractivity contribution in [2.75, 3.05) is 6.61 Å². The van der Waals surface area contributed by atoms with Gasteiger partial charge in [-0.15, -0.1) is 0 Å². The third-order valence-corrected chi connectivity index (χ3v) is 1.84. The van der Waals surface area contributed by atoms with Gasteiger partial charge in [-0.2, -0.15) is 0 Å². The van der Waals surface area contributed by atoms with E-state index in [2.05, 4.69) is 0 Å². The van der Waals surface area contributed by atoms with Crippen molar-refractivity contribution in [1.82, 2.24) is 0 Å². The van der Waals surface area contributed by atoms with Crippen LogP contribution in [0.1, 0.15) is 19.8 Å². The van der Waals surface area contributed by atoms with Crippen LogP contribution < -0.4 is 0 Å². The highest BCUT2D eigenvalue weighted by atomic mass is 16.5. The summed E-state index contributed by atoms with van der Waals surface area (Å²) in [7, 11) is 0. The fourth-order valence-electron chi connectivity index (χ4n) is 1.24. The molecule has 0 aliphatic carbocycles. The van der Waals surface area contributed by atoms with E-state index in [1.807, 2.05) is 6.92 Å². The van der Waals surface area contributed by atoms with Gasteiger partial charge < -0.3 is 9.53 Å². The Morgan fingerprint density at radius 2 is 2.56 bits per heavy atom. The second kappa shape index (κ2) is 2.97. The minimum atomic E-state index is 0.176. The molecule has 2 nitrogen and oxygen atoms in total. The molecule has 0 saturated carbocycles. The van der Waals surface area contributed by atoms with E-state index in [1.165, 1.54) is 0 Å². The van der Waals surface area contributed by atoms with Crippen LogP contribution >= 0.6 is 0 Å². The lowest BCUT2D eigenvalue weighted by atomic mass is 10.0. The minimum Gasteiger partial charge on any atom is -0.377 e. The lowest BCUT2D eigenvalue weighted by Gasteiger charge is -2.08. The first-order valence-electron chi connectivity index (χ1n) is 3.45. The Hall–Kier alpha value is -0.370. The Morgan fingerprint density at radius 1 is 1.78 bits per heavy atom. The highest BCUT2D eigenvalue weighted by Gasteiger charge is 2.25. The predicted octanol–water partition coefficient (Wildman–Crippen LogP) is 1.00. The van der Waals surface area contributed by atoms with Gasteiger partial charge in [0.05, 0.1) is 6.10 Å². The molecule has 2 heteroatoms. The maximum atomic E-state index is 10.3. The fraction of sp³-hybridized carbons (Fsp3) is 0.857. The molecule has 1 rings (SSSR count). The Kier molecular flexibility index (Phi) is 2.22. The minimum absolute atomic E-state index is 0.176. The van der Waals surface area contributed by atoms with Gasteiger partial charge in [0, 0.05) is 12.5 Å². The van der Waals surface area contributed by atoms with Crippen molar-refractivity contribution < 1.29 is 9.53 Å². The molecule has 1 heterocycles. The summed E-state index contributed by atoms with van der Waals surface area (Å²) in [5, 5.41) is 0. The first-order chi connectivity index (χ1) is 4.38. The molecule has 0 unspecified atom stereocenters. The molecule has 2 atom stereocenters. The van der Waals surface area contributed by atoms with Crippen LogP contribution in [-0.2, 0) is 9.53 Å². The number of aldehydes is 1. The van der Waals surface area contributed by atoms with E-state index in [1.54, 1.807) is 0 Å². The average molecular weight is 128 g/mol. The smallest absolute Gasteiger partial charge is 0.125 e. The first-order valence-corrected chi connectivity index (χ1v) is 3.45.